The number of rotatable bonds is 3. The molecule has 108 valence electrons. The predicted molar refractivity (Wildman–Crippen MR) is 87.4 cm³/mol. The molecule has 5 heteroatoms. The second-order valence-corrected chi connectivity index (χ2v) is 7.16. The topological polar surface area (TPSA) is 55.1 Å². The maximum atomic E-state index is 12.3. The van der Waals surface area contributed by atoms with E-state index in [4.69, 9.17) is 5.73 Å². The van der Waals surface area contributed by atoms with Gasteiger partial charge in [0.25, 0.3) is 5.91 Å². The third-order valence-electron chi connectivity index (χ3n) is 3.50. The summed E-state index contributed by atoms with van der Waals surface area (Å²) in [5.41, 5.74) is 6.43. The van der Waals surface area contributed by atoms with Gasteiger partial charge in [0.1, 0.15) is 0 Å². The van der Waals surface area contributed by atoms with E-state index in [-0.39, 0.29) is 5.91 Å². The van der Waals surface area contributed by atoms with Crippen LogP contribution in [0.4, 0.5) is 0 Å². The zero-order valence-electron chi connectivity index (χ0n) is 11.9. The highest BCUT2D eigenvalue weighted by Crippen LogP contribution is 2.29. The minimum atomic E-state index is 0.0330. The first-order valence-electron chi connectivity index (χ1n) is 6.77. The minimum absolute atomic E-state index is 0.0330. The van der Waals surface area contributed by atoms with Gasteiger partial charge in [-0.15, -0.1) is 11.3 Å². The summed E-state index contributed by atoms with van der Waals surface area (Å²) in [5.74, 6) is 5.89. The molecule has 1 saturated carbocycles. The summed E-state index contributed by atoms with van der Waals surface area (Å²) in [6.07, 6.45) is 5.50. The highest BCUT2D eigenvalue weighted by Gasteiger charge is 2.25. The largest absolute Gasteiger partial charge is 0.349 e. The van der Waals surface area contributed by atoms with Crippen LogP contribution in [-0.2, 0) is 0 Å². The summed E-state index contributed by atoms with van der Waals surface area (Å²) in [6, 6.07) is 2.24. The van der Waals surface area contributed by atoms with Crippen molar-refractivity contribution in [2.75, 3.05) is 12.8 Å². The molecule has 2 unspecified atom stereocenters. The molecule has 1 aliphatic rings. The molecule has 1 fully saturated rings. The Hall–Kier alpha value is -0.960. The smallest absolute Gasteiger partial charge is 0.261 e. The molecule has 20 heavy (non-hydrogen) atoms. The van der Waals surface area contributed by atoms with E-state index in [1.165, 1.54) is 17.8 Å². The summed E-state index contributed by atoms with van der Waals surface area (Å²) in [7, 11) is 0. The number of aryl methyl sites for hydroxylation is 1. The molecule has 2 rings (SSSR count). The molecule has 1 amide bonds. The lowest BCUT2D eigenvalue weighted by molar-refractivity contribution is 0.0942. The molecule has 1 aliphatic carbocycles. The van der Waals surface area contributed by atoms with Gasteiger partial charge in [0.15, 0.2) is 0 Å². The van der Waals surface area contributed by atoms with E-state index >= 15 is 0 Å². The highest BCUT2D eigenvalue weighted by atomic mass is 32.2. The standard InChI is InChI=1S/C15H20N2OS2/c1-10-8-14(20-13(10)4-3-7-16)15(18)17-11-5-6-12(9-11)19-2/h8,11-12H,5-7,9,16H2,1-2H3,(H,17,18). The molecular formula is C15H20N2OS2. The van der Waals surface area contributed by atoms with Gasteiger partial charge in [-0.2, -0.15) is 11.8 Å². The summed E-state index contributed by atoms with van der Waals surface area (Å²) in [6.45, 7) is 2.32. The van der Waals surface area contributed by atoms with Crippen LogP contribution in [0.15, 0.2) is 6.07 Å². The summed E-state index contributed by atoms with van der Waals surface area (Å²) in [5, 5.41) is 3.83. The van der Waals surface area contributed by atoms with Crippen molar-refractivity contribution in [2.45, 2.75) is 37.5 Å². The Kier molecular flexibility index (Phi) is 5.53. The molecule has 0 spiro atoms. The van der Waals surface area contributed by atoms with Crippen LogP contribution in [0.1, 0.15) is 39.4 Å². The number of hydrogen-bond donors (Lipinski definition) is 2. The van der Waals surface area contributed by atoms with Gasteiger partial charge >= 0.3 is 0 Å². The van der Waals surface area contributed by atoms with E-state index in [0.717, 1.165) is 28.2 Å². The maximum Gasteiger partial charge on any atom is 0.261 e. The van der Waals surface area contributed by atoms with Crippen molar-refractivity contribution in [3.05, 3.63) is 21.4 Å². The third kappa shape index (κ3) is 3.78. The summed E-state index contributed by atoms with van der Waals surface area (Å²) < 4.78 is 0. The molecule has 1 aromatic heterocycles. The Balaban J connectivity index is 1.99. The normalized spacial score (nSPS) is 21.4. The molecule has 0 bridgehead atoms. The third-order valence-corrected chi connectivity index (χ3v) is 5.74. The van der Waals surface area contributed by atoms with Gasteiger partial charge < -0.3 is 11.1 Å². The average Bonchev–Trinajstić information content (AvgIpc) is 3.03. The van der Waals surface area contributed by atoms with Crippen molar-refractivity contribution in [1.29, 1.82) is 0 Å². The summed E-state index contributed by atoms with van der Waals surface area (Å²) >= 11 is 3.35. The monoisotopic (exact) mass is 308 g/mol. The van der Waals surface area contributed by atoms with Gasteiger partial charge in [0.05, 0.1) is 16.3 Å². The number of amides is 1. The van der Waals surface area contributed by atoms with Crippen molar-refractivity contribution in [1.82, 2.24) is 5.32 Å². The molecule has 2 atom stereocenters. The Morgan fingerprint density at radius 1 is 1.60 bits per heavy atom. The fourth-order valence-electron chi connectivity index (χ4n) is 2.39. The van der Waals surface area contributed by atoms with Crippen LogP contribution < -0.4 is 11.1 Å². The molecule has 3 nitrogen and oxygen atoms in total. The SMILES string of the molecule is CSC1CCC(NC(=O)c2cc(C)c(C#CCN)s2)C1. The van der Waals surface area contributed by atoms with E-state index < -0.39 is 0 Å². The number of thiophene rings is 1. The number of nitrogens with one attached hydrogen (secondary N) is 1. The maximum absolute atomic E-state index is 12.3. The first kappa shape index (κ1) is 15.4. The van der Waals surface area contributed by atoms with E-state index in [1.807, 2.05) is 24.8 Å². The average molecular weight is 308 g/mol. The van der Waals surface area contributed by atoms with Crippen molar-refractivity contribution in [3.8, 4) is 11.8 Å². The molecule has 0 radical (unpaired) electrons. The molecule has 3 N–H and O–H groups in total. The zero-order valence-corrected chi connectivity index (χ0v) is 13.5. The Morgan fingerprint density at radius 3 is 3.05 bits per heavy atom. The van der Waals surface area contributed by atoms with Gasteiger partial charge in [0, 0.05) is 11.3 Å². The van der Waals surface area contributed by atoms with Gasteiger partial charge in [-0.1, -0.05) is 11.8 Å². The Morgan fingerprint density at radius 2 is 2.40 bits per heavy atom. The number of carbonyl (C=O) groups is 1. The number of thioether (sulfide) groups is 1. The van der Waals surface area contributed by atoms with Crippen LogP contribution in [0.5, 0.6) is 0 Å². The van der Waals surface area contributed by atoms with Crippen molar-refractivity contribution in [2.24, 2.45) is 5.73 Å². The number of hydrogen-bond acceptors (Lipinski definition) is 4. The van der Waals surface area contributed by atoms with E-state index in [0.29, 0.717) is 17.8 Å². The second-order valence-electron chi connectivity index (χ2n) is 4.97. The molecule has 1 heterocycles. The predicted octanol–water partition coefficient (Wildman–Crippen LogP) is 2.38. The molecular weight excluding hydrogens is 288 g/mol. The zero-order chi connectivity index (χ0) is 14.5. The van der Waals surface area contributed by atoms with Gasteiger partial charge in [0.2, 0.25) is 0 Å². The van der Waals surface area contributed by atoms with Crippen LogP contribution >= 0.6 is 23.1 Å². The Bertz CT molecular complexity index is 542. The van der Waals surface area contributed by atoms with Crippen LogP contribution in [0.2, 0.25) is 0 Å². The first-order chi connectivity index (χ1) is 9.63. The van der Waals surface area contributed by atoms with Crippen molar-refractivity contribution >= 4 is 29.0 Å². The van der Waals surface area contributed by atoms with Gasteiger partial charge in [-0.25, -0.2) is 0 Å². The van der Waals surface area contributed by atoms with Crippen molar-refractivity contribution < 1.29 is 4.79 Å². The summed E-state index contributed by atoms with van der Waals surface area (Å²) in [4.78, 5) is 13.9. The molecule has 1 aromatic rings. The van der Waals surface area contributed by atoms with Crippen molar-refractivity contribution in [3.63, 3.8) is 0 Å². The van der Waals surface area contributed by atoms with Gasteiger partial charge in [-0.3, -0.25) is 4.79 Å². The second kappa shape index (κ2) is 7.16. The number of carbonyl (C=O) groups excluding carboxylic acids is 1. The lowest BCUT2D eigenvalue weighted by Crippen LogP contribution is -2.32. The molecule has 0 aliphatic heterocycles. The van der Waals surface area contributed by atoms with Gasteiger partial charge in [-0.05, 0) is 44.1 Å². The first-order valence-corrected chi connectivity index (χ1v) is 8.87. The lowest BCUT2D eigenvalue weighted by atomic mass is 10.2. The quantitative estimate of drug-likeness (QED) is 0.843. The van der Waals surface area contributed by atoms with E-state index in [2.05, 4.69) is 23.4 Å². The fraction of sp³-hybridized carbons (Fsp3) is 0.533. The Labute approximate surface area is 128 Å². The van der Waals surface area contributed by atoms with E-state index in [9.17, 15) is 4.79 Å². The van der Waals surface area contributed by atoms with Crippen LogP contribution in [0.25, 0.3) is 0 Å². The lowest BCUT2D eigenvalue weighted by Gasteiger charge is -2.11. The molecule has 0 aromatic carbocycles. The van der Waals surface area contributed by atoms with Crippen LogP contribution in [0, 0.1) is 18.8 Å². The molecule has 0 saturated heterocycles. The minimum Gasteiger partial charge on any atom is -0.349 e. The van der Waals surface area contributed by atoms with E-state index in [1.54, 1.807) is 0 Å². The van der Waals surface area contributed by atoms with Crippen LogP contribution in [-0.4, -0.2) is 30.0 Å². The number of nitrogens with two attached hydrogens (primary N) is 1. The fourth-order valence-corrected chi connectivity index (χ4v) is 4.14. The van der Waals surface area contributed by atoms with Crippen LogP contribution in [0.3, 0.4) is 0 Å². The highest BCUT2D eigenvalue weighted by molar-refractivity contribution is 7.99.